The van der Waals surface area contributed by atoms with Crippen molar-refractivity contribution < 1.29 is 27.9 Å². The number of carbonyl (C=O) groups excluding carboxylic acids is 3. The van der Waals surface area contributed by atoms with Crippen LogP contribution in [0, 0.1) is 5.41 Å². The number of thiophene rings is 1. The standard InChI is InChI=1S/C28H33F2NO4S/c1-27(20-32,16-6-11-21-9-4-3-5-10-21)17-7-12-22-19-28(29,30)26(34)31(22)18-8-13-23-14-15-24(36-23)25(33)35-2/h3-5,7,9-10,12,14-15,20,22H,6,8,11,13,16-19H2,1-2H3/b12-7+/t22?,27-/m0/s1. The Morgan fingerprint density at radius 2 is 1.94 bits per heavy atom. The Balaban J connectivity index is 1.54. The molecule has 5 nitrogen and oxygen atoms in total. The van der Waals surface area contributed by atoms with Crippen molar-refractivity contribution in [3.8, 4) is 0 Å². The summed E-state index contributed by atoms with van der Waals surface area (Å²) < 4.78 is 33.2. The number of amides is 1. The Morgan fingerprint density at radius 3 is 2.64 bits per heavy atom. The van der Waals surface area contributed by atoms with E-state index in [1.807, 2.05) is 31.2 Å². The third kappa shape index (κ3) is 7.32. The molecule has 1 aliphatic rings. The number of esters is 1. The molecule has 2 aromatic rings. The molecule has 0 spiro atoms. The van der Waals surface area contributed by atoms with Gasteiger partial charge in [-0.2, -0.15) is 8.78 Å². The normalized spacial score (nSPS) is 18.9. The van der Waals surface area contributed by atoms with Gasteiger partial charge in [-0.15, -0.1) is 11.3 Å². The van der Waals surface area contributed by atoms with Crippen LogP contribution in [0.5, 0.6) is 0 Å². The number of halogens is 2. The van der Waals surface area contributed by atoms with Gasteiger partial charge in [0.05, 0.1) is 13.2 Å². The third-order valence-electron chi connectivity index (χ3n) is 6.59. The molecule has 0 aliphatic carbocycles. The van der Waals surface area contributed by atoms with Crippen molar-refractivity contribution >= 4 is 29.5 Å². The van der Waals surface area contributed by atoms with Gasteiger partial charge in [-0.3, -0.25) is 4.79 Å². The first kappa shape index (κ1) is 27.7. The van der Waals surface area contributed by atoms with Crippen LogP contribution in [0.3, 0.4) is 0 Å². The topological polar surface area (TPSA) is 63.7 Å². The monoisotopic (exact) mass is 517 g/mol. The van der Waals surface area contributed by atoms with Gasteiger partial charge in [0.25, 0.3) is 5.91 Å². The maximum Gasteiger partial charge on any atom is 0.348 e. The molecule has 1 fully saturated rings. The van der Waals surface area contributed by atoms with E-state index in [2.05, 4.69) is 12.1 Å². The SMILES string of the molecule is COC(=O)c1ccc(CCCN2C(=O)C(F)(F)CC2/C=C/C[C@@](C)(C=O)CCCc2ccccc2)s1. The summed E-state index contributed by atoms with van der Waals surface area (Å²) in [5, 5.41) is 0. The highest BCUT2D eigenvalue weighted by atomic mass is 32.1. The minimum absolute atomic E-state index is 0.191. The minimum Gasteiger partial charge on any atom is -0.465 e. The molecule has 1 amide bonds. The van der Waals surface area contributed by atoms with Crippen molar-refractivity contribution in [1.29, 1.82) is 0 Å². The third-order valence-corrected chi connectivity index (χ3v) is 7.72. The van der Waals surface area contributed by atoms with Crippen LogP contribution in [0.25, 0.3) is 0 Å². The van der Waals surface area contributed by atoms with E-state index in [1.165, 1.54) is 28.9 Å². The van der Waals surface area contributed by atoms with E-state index in [9.17, 15) is 23.2 Å². The molecule has 2 heterocycles. The van der Waals surface area contributed by atoms with Crippen LogP contribution in [-0.2, 0) is 27.2 Å². The van der Waals surface area contributed by atoms with E-state index in [4.69, 9.17) is 4.74 Å². The fourth-order valence-electron chi connectivity index (χ4n) is 4.45. The molecule has 0 saturated carbocycles. The summed E-state index contributed by atoms with van der Waals surface area (Å²) in [6, 6.07) is 12.8. The maximum absolute atomic E-state index is 14.2. The number of methoxy groups -OCH3 is 1. The second-order valence-electron chi connectivity index (χ2n) is 9.58. The Morgan fingerprint density at radius 1 is 1.19 bits per heavy atom. The molecule has 36 heavy (non-hydrogen) atoms. The summed E-state index contributed by atoms with van der Waals surface area (Å²) in [4.78, 5) is 38.4. The lowest BCUT2D eigenvalue weighted by atomic mass is 9.82. The molecule has 0 radical (unpaired) electrons. The number of hydrogen-bond acceptors (Lipinski definition) is 5. The van der Waals surface area contributed by atoms with Gasteiger partial charge in [-0.25, -0.2) is 4.79 Å². The molecule has 1 aliphatic heterocycles. The molecule has 1 saturated heterocycles. The molecule has 194 valence electrons. The number of carbonyl (C=O) groups is 3. The number of aryl methyl sites for hydroxylation is 2. The Kier molecular flexibility index (Phi) is 9.54. The minimum atomic E-state index is -3.39. The van der Waals surface area contributed by atoms with E-state index in [0.29, 0.717) is 30.6 Å². The molecule has 0 N–H and O–H groups in total. The van der Waals surface area contributed by atoms with Crippen molar-refractivity contribution in [2.75, 3.05) is 13.7 Å². The Labute approximate surface area is 215 Å². The molecule has 2 atom stereocenters. The highest BCUT2D eigenvalue weighted by molar-refractivity contribution is 7.13. The summed E-state index contributed by atoms with van der Waals surface area (Å²) >= 11 is 1.30. The van der Waals surface area contributed by atoms with Gasteiger partial charge in [0.2, 0.25) is 0 Å². The van der Waals surface area contributed by atoms with Crippen LogP contribution >= 0.6 is 11.3 Å². The van der Waals surface area contributed by atoms with E-state index >= 15 is 0 Å². The fraction of sp³-hybridized carbons (Fsp3) is 0.464. The van der Waals surface area contributed by atoms with Crippen LogP contribution in [0.15, 0.2) is 54.6 Å². The Bertz CT molecular complexity index is 1070. The van der Waals surface area contributed by atoms with Crippen molar-refractivity contribution in [2.24, 2.45) is 5.41 Å². The van der Waals surface area contributed by atoms with Gasteiger partial charge >= 0.3 is 11.9 Å². The van der Waals surface area contributed by atoms with Gasteiger partial charge in [0.1, 0.15) is 11.2 Å². The van der Waals surface area contributed by atoms with Crippen LogP contribution in [0.1, 0.15) is 59.1 Å². The highest BCUT2D eigenvalue weighted by Gasteiger charge is 2.52. The summed E-state index contributed by atoms with van der Waals surface area (Å²) in [6.45, 7) is 2.07. The van der Waals surface area contributed by atoms with Gasteiger partial charge in [0.15, 0.2) is 0 Å². The fourth-order valence-corrected chi connectivity index (χ4v) is 5.42. The molecular weight excluding hydrogens is 484 g/mol. The molecular formula is C28H33F2NO4S. The molecule has 1 unspecified atom stereocenters. The number of aldehydes is 1. The van der Waals surface area contributed by atoms with E-state index in [1.54, 1.807) is 18.2 Å². The van der Waals surface area contributed by atoms with Crippen LogP contribution in [-0.4, -0.2) is 48.7 Å². The summed E-state index contributed by atoms with van der Waals surface area (Å²) in [5.74, 6) is -4.95. The predicted octanol–water partition coefficient (Wildman–Crippen LogP) is 5.88. The number of hydrogen-bond donors (Lipinski definition) is 0. The number of nitrogens with zero attached hydrogens (tertiary/aromatic N) is 1. The number of benzene rings is 1. The Hall–Kier alpha value is -2.87. The largest absolute Gasteiger partial charge is 0.465 e. The predicted molar refractivity (Wildman–Crippen MR) is 136 cm³/mol. The van der Waals surface area contributed by atoms with Crippen molar-refractivity contribution in [3.05, 3.63) is 69.9 Å². The number of ether oxygens (including phenoxy) is 1. The lowest BCUT2D eigenvalue weighted by Crippen LogP contribution is -2.36. The molecule has 1 aromatic carbocycles. The average molecular weight is 518 g/mol. The van der Waals surface area contributed by atoms with E-state index in [-0.39, 0.29) is 6.54 Å². The molecule has 0 bridgehead atoms. The first-order chi connectivity index (χ1) is 17.2. The van der Waals surface area contributed by atoms with Crippen molar-refractivity contribution in [2.45, 2.75) is 63.8 Å². The van der Waals surface area contributed by atoms with Crippen molar-refractivity contribution in [1.82, 2.24) is 4.90 Å². The average Bonchev–Trinajstić information content (AvgIpc) is 3.42. The smallest absolute Gasteiger partial charge is 0.348 e. The number of likely N-dealkylation sites (tertiary alicyclic amines) is 1. The second kappa shape index (κ2) is 12.4. The van der Waals surface area contributed by atoms with Crippen LogP contribution in [0.4, 0.5) is 8.78 Å². The number of rotatable bonds is 13. The summed E-state index contributed by atoms with van der Waals surface area (Å²) in [6.07, 6.45) is 7.71. The number of allylic oxidation sites excluding steroid dienone is 1. The highest BCUT2D eigenvalue weighted by Crippen LogP contribution is 2.35. The maximum atomic E-state index is 14.2. The van der Waals surface area contributed by atoms with Crippen molar-refractivity contribution in [3.63, 3.8) is 0 Å². The van der Waals surface area contributed by atoms with Gasteiger partial charge in [-0.1, -0.05) is 49.4 Å². The summed E-state index contributed by atoms with van der Waals surface area (Å²) in [5.41, 5.74) is 0.630. The van der Waals surface area contributed by atoms with Gasteiger partial charge in [0, 0.05) is 23.3 Å². The second-order valence-corrected chi connectivity index (χ2v) is 10.7. The zero-order chi connectivity index (χ0) is 26.2. The number of alkyl halides is 2. The molecule has 1 aromatic heterocycles. The lowest BCUT2D eigenvalue weighted by Gasteiger charge is -2.23. The zero-order valence-electron chi connectivity index (χ0n) is 20.8. The van der Waals surface area contributed by atoms with Gasteiger partial charge < -0.3 is 14.4 Å². The summed E-state index contributed by atoms with van der Waals surface area (Å²) in [7, 11) is 1.32. The zero-order valence-corrected chi connectivity index (χ0v) is 21.6. The van der Waals surface area contributed by atoms with Crippen LogP contribution < -0.4 is 0 Å². The first-order valence-corrected chi connectivity index (χ1v) is 13.0. The van der Waals surface area contributed by atoms with Crippen LogP contribution in [0.2, 0.25) is 0 Å². The van der Waals surface area contributed by atoms with E-state index < -0.39 is 35.7 Å². The molecule has 3 rings (SSSR count). The van der Waals surface area contributed by atoms with E-state index in [0.717, 1.165) is 24.0 Å². The van der Waals surface area contributed by atoms with Gasteiger partial charge in [-0.05, 0) is 56.2 Å². The quantitative estimate of drug-likeness (QED) is 0.189. The lowest BCUT2D eigenvalue weighted by molar-refractivity contribution is -0.148. The first-order valence-electron chi connectivity index (χ1n) is 12.2. The molecule has 8 heteroatoms.